The molecule has 0 amide bonds. The van der Waals surface area contributed by atoms with Gasteiger partial charge in [0.15, 0.2) is 16.9 Å². The second kappa shape index (κ2) is 8.82. The third-order valence-electron chi connectivity index (χ3n) is 6.81. The average molecular weight is 505 g/mol. The molecule has 6 aromatic rings. The van der Waals surface area contributed by atoms with Crippen molar-refractivity contribution in [2.24, 2.45) is 0 Å². The molecular formula is C30H25ClN6. The average Bonchev–Trinajstić information content (AvgIpc) is 2.83. The highest BCUT2D eigenvalue weighted by molar-refractivity contribution is 6.29. The van der Waals surface area contributed by atoms with Crippen LogP contribution in [0.1, 0.15) is 51.1 Å². The summed E-state index contributed by atoms with van der Waals surface area (Å²) in [6.45, 7) is 10.2. The van der Waals surface area contributed by atoms with E-state index >= 15 is 0 Å². The Hall–Kier alpha value is -4.03. The number of aryl methyl sites for hydroxylation is 5. The van der Waals surface area contributed by atoms with Crippen LogP contribution in [0.15, 0.2) is 54.6 Å². The Labute approximate surface area is 219 Å². The molecule has 0 aliphatic heterocycles. The van der Waals surface area contributed by atoms with Crippen LogP contribution < -0.4 is 0 Å². The summed E-state index contributed by atoms with van der Waals surface area (Å²) >= 11 is 6.23. The third-order valence-corrected chi connectivity index (χ3v) is 7.02. The van der Waals surface area contributed by atoms with Crippen LogP contribution in [0, 0.1) is 34.6 Å². The second-order valence-corrected chi connectivity index (χ2v) is 10.1. The molecule has 6 heterocycles. The Bertz CT molecular complexity index is 1770. The van der Waals surface area contributed by atoms with Crippen molar-refractivity contribution in [3.63, 3.8) is 0 Å². The predicted octanol–water partition coefficient (Wildman–Crippen LogP) is 6.89. The van der Waals surface area contributed by atoms with Crippen LogP contribution >= 0.6 is 11.6 Å². The molecule has 0 saturated carbocycles. The van der Waals surface area contributed by atoms with Crippen LogP contribution in [0.2, 0.25) is 5.15 Å². The van der Waals surface area contributed by atoms with E-state index < -0.39 is 0 Å². The van der Waals surface area contributed by atoms with Gasteiger partial charge in [-0.15, -0.1) is 0 Å². The zero-order chi connectivity index (χ0) is 25.8. The number of aromatic nitrogens is 6. The van der Waals surface area contributed by atoms with Crippen molar-refractivity contribution in [1.82, 2.24) is 29.9 Å². The summed E-state index contributed by atoms with van der Waals surface area (Å²) in [4.78, 5) is 29.0. The van der Waals surface area contributed by atoms with E-state index in [0.29, 0.717) is 22.1 Å². The molecule has 37 heavy (non-hydrogen) atoms. The first-order valence-corrected chi connectivity index (χ1v) is 12.6. The molecule has 6 rings (SSSR count). The van der Waals surface area contributed by atoms with Gasteiger partial charge in [-0.2, -0.15) is 0 Å². The van der Waals surface area contributed by atoms with Crippen LogP contribution in [0.3, 0.4) is 0 Å². The fraction of sp³-hybridized carbons (Fsp3) is 0.200. The zero-order valence-corrected chi connectivity index (χ0v) is 22.1. The topological polar surface area (TPSA) is 77.3 Å². The Kier molecular flexibility index (Phi) is 5.57. The van der Waals surface area contributed by atoms with Gasteiger partial charge in [-0.25, -0.2) is 29.9 Å². The van der Waals surface area contributed by atoms with E-state index in [9.17, 15) is 0 Å². The molecule has 7 heteroatoms. The van der Waals surface area contributed by atoms with E-state index in [4.69, 9.17) is 36.5 Å². The number of halogens is 1. The Balaban J connectivity index is 1.63. The highest BCUT2D eigenvalue weighted by Crippen LogP contribution is 2.33. The first kappa shape index (κ1) is 23.4. The Morgan fingerprint density at radius 1 is 0.486 bits per heavy atom. The summed E-state index contributed by atoms with van der Waals surface area (Å²) in [6, 6.07) is 18.3. The van der Waals surface area contributed by atoms with Crippen LogP contribution in [0.5, 0.6) is 0 Å². The van der Waals surface area contributed by atoms with E-state index in [-0.39, 0.29) is 5.92 Å². The van der Waals surface area contributed by atoms with Gasteiger partial charge in [0.25, 0.3) is 0 Å². The lowest BCUT2D eigenvalue weighted by Gasteiger charge is -2.19. The number of hydrogen-bond acceptors (Lipinski definition) is 6. The quantitative estimate of drug-likeness (QED) is 0.244. The molecule has 0 unspecified atom stereocenters. The molecule has 0 aromatic carbocycles. The van der Waals surface area contributed by atoms with Crippen LogP contribution in [-0.4, -0.2) is 29.9 Å². The Morgan fingerprint density at radius 2 is 0.919 bits per heavy atom. The summed E-state index contributed by atoms with van der Waals surface area (Å²) < 4.78 is 0. The van der Waals surface area contributed by atoms with Crippen molar-refractivity contribution in [1.29, 1.82) is 0 Å². The van der Waals surface area contributed by atoms with E-state index in [0.717, 1.165) is 61.3 Å². The lowest BCUT2D eigenvalue weighted by Crippen LogP contribution is -2.11. The third kappa shape index (κ3) is 4.17. The second-order valence-electron chi connectivity index (χ2n) is 9.68. The monoisotopic (exact) mass is 504 g/mol. The lowest BCUT2D eigenvalue weighted by atomic mass is 9.93. The standard InChI is InChI=1S/C30H25ClN6/c1-15-12-18(4)32-28-20(15)6-9-23(34-28)27(24-10-7-21-16(2)13-19(5)33-29(21)35-24)25-14-17(3)22-8-11-26(31)37-30(22)36-25/h6-14,27H,1-5H3. The summed E-state index contributed by atoms with van der Waals surface area (Å²) in [5.74, 6) is -0.345. The van der Waals surface area contributed by atoms with Crippen molar-refractivity contribution in [3.05, 3.63) is 105 Å². The normalized spacial score (nSPS) is 11.8. The van der Waals surface area contributed by atoms with Crippen LogP contribution in [0.25, 0.3) is 33.1 Å². The number of rotatable bonds is 3. The van der Waals surface area contributed by atoms with Gasteiger partial charge < -0.3 is 0 Å². The molecule has 182 valence electrons. The maximum absolute atomic E-state index is 6.23. The molecule has 0 N–H and O–H groups in total. The first-order chi connectivity index (χ1) is 17.8. The summed E-state index contributed by atoms with van der Waals surface area (Å²) in [5, 5.41) is 3.43. The first-order valence-electron chi connectivity index (χ1n) is 12.2. The number of nitrogens with zero attached hydrogens (tertiary/aromatic N) is 6. The highest BCUT2D eigenvalue weighted by Gasteiger charge is 2.24. The molecule has 6 aromatic heterocycles. The van der Waals surface area contributed by atoms with Crippen molar-refractivity contribution in [2.45, 2.75) is 40.5 Å². The fourth-order valence-electron chi connectivity index (χ4n) is 5.09. The van der Waals surface area contributed by atoms with Crippen molar-refractivity contribution in [2.75, 3.05) is 0 Å². The molecular weight excluding hydrogens is 480 g/mol. The molecule has 0 atom stereocenters. The number of pyridine rings is 6. The fourth-order valence-corrected chi connectivity index (χ4v) is 5.23. The van der Waals surface area contributed by atoms with Gasteiger partial charge in [0.2, 0.25) is 0 Å². The minimum atomic E-state index is -0.345. The SMILES string of the molecule is Cc1cc(C)c2ccc(C(c3ccc4c(C)cc(C)nc4n3)c3cc(C)c4ccc(Cl)nc4n3)nc2n1. The number of fused-ring (bicyclic) bond motifs is 3. The maximum atomic E-state index is 6.23. The number of hydrogen-bond donors (Lipinski definition) is 0. The van der Waals surface area contributed by atoms with Gasteiger partial charge >= 0.3 is 0 Å². The van der Waals surface area contributed by atoms with Crippen LogP contribution in [0.4, 0.5) is 0 Å². The molecule has 0 bridgehead atoms. The minimum absolute atomic E-state index is 0.345. The smallest absolute Gasteiger partial charge is 0.161 e. The van der Waals surface area contributed by atoms with Crippen molar-refractivity contribution >= 4 is 44.7 Å². The molecule has 0 spiro atoms. The molecule has 0 fully saturated rings. The van der Waals surface area contributed by atoms with Crippen LogP contribution in [-0.2, 0) is 0 Å². The molecule has 0 radical (unpaired) electrons. The molecule has 0 aliphatic rings. The van der Waals surface area contributed by atoms with Crippen molar-refractivity contribution < 1.29 is 0 Å². The zero-order valence-electron chi connectivity index (χ0n) is 21.3. The highest BCUT2D eigenvalue weighted by atomic mass is 35.5. The van der Waals surface area contributed by atoms with Crippen molar-refractivity contribution in [3.8, 4) is 0 Å². The minimum Gasteiger partial charge on any atom is -0.233 e. The van der Waals surface area contributed by atoms with Gasteiger partial charge in [-0.1, -0.05) is 11.6 Å². The summed E-state index contributed by atoms with van der Waals surface area (Å²) in [5.41, 5.74) is 9.68. The maximum Gasteiger partial charge on any atom is 0.161 e. The Morgan fingerprint density at radius 3 is 1.46 bits per heavy atom. The summed E-state index contributed by atoms with van der Waals surface area (Å²) in [6.07, 6.45) is 0. The van der Waals surface area contributed by atoms with Gasteiger partial charge in [0, 0.05) is 27.5 Å². The molecule has 0 saturated heterocycles. The lowest BCUT2D eigenvalue weighted by molar-refractivity contribution is 0.850. The van der Waals surface area contributed by atoms with Gasteiger partial charge in [0.05, 0.1) is 23.0 Å². The van der Waals surface area contributed by atoms with Gasteiger partial charge in [0.1, 0.15) is 5.15 Å². The predicted molar refractivity (Wildman–Crippen MR) is 148 cm³/mol. The molecule has 0 aliphatic carbocycles. The van der Waals surface area contributed by atoms with E-state index in [1.165, 1.54) is 0 Å². The van der Waals surface area contributed by atoms with Gasteiger partial charge in [-0.3, -0.25) is 0 Å². The molecule has 6 nitrogen and oxygen atoms in total. The van der Waals surface area contributed by atoms with E-state index in [2.05, 4.69) is 56.1 Å². The van der Waals surface area contributed by atoms with E-state index in [1.807, 2.05) is 32.0 Å². The largest absolute Gasteiger partial charge is 0.233 e. The van der Waals surface area contributed by atoms with Gasteiger partial charge in [-0.05, 0) is 106 Å². The summed E-state index contributed by atoms with van der Waals surface area (Å²) in [7, 11) is 0. The van der Waals surface area contributed by atoms with E-state index in [1.54, 1.807) is 6.07 Å².